The molecule has 2 aromatic carbocycles. The van der Waals surface area contributed by atoms with Gasteiger partial charge in [-0.3, -0.25) is 10.2 Å². The molecule has 2 aromatic rings. The first-order chi connectivity index (χ1) is 16.8. The van der Waals surface area contributed by atoms with Gasteiger partial charge in [0.05, 0.1) is 32.5 Å². The number of nitrogens with zero attached hydrogens (tertiary/aromatic N) is 1. The van der Waals surface area contributed by atoms with Crippen LogP contribution in [0.3, 0.4) is 0 Å². The lowest BCUT2D eigenvalue weighted by Crippen LogP contribution is -2.42. The summed E-state index contributed by atoms with van der Waals surface area (Å²) in [6, 6.07) is 13.0. The van der Waals surface area contributed by atoms with Crippen LogP contribution in [0.2, 0.25) is 0 Å². The van der Waals surface area contributed by atoms with E-state index in [1.165, 1.54) is 0 Å². The molecule has 35 heavy (non-hydrogen) atoms. The van der Waals surface area contributed by atoms with E-state index >= 15 is 0 Å². The van der Waals surface area contributed by atoms with Crippen LogP contribution in [0.1, 0.15) is 69.8 Å². The lowest BCUT2D eigenvalue weighted by molar-refractivity contribution is 0.0640. The number of hydrogen-bond donors (Lipinski definition) is 1. The molecule has 0 bridgehead atoms. The minimum atomic E-state index is -0.0411. The molecule has 2 rings (SSSR count). The van der Waals surface area contributed by atoms with Crippen LogP contribution in [0.5, 0.6) is 17.2 Å². The predicted molar refractivity (Wildman–Crippen MR) is 139 cm³/mol. The third-order valence-corrected chi connectivity index (χ3v) is 5.48. The van der Waals surface area contributed by atoms with E-state index in [1.807, 2.05) is 69.9 Å². The van der Waals surface area contributed by atoms with Crippen molar-refractivity contribution < 1.29 is 23.7 Å². The molecule has 0 radical (unpaired) electrons. The van der Waals surface area contributed by atoms with Crippen molar-refractivity contribution >= 4 is 11.8 Å². The zero-order valence-electron chi connectivity index (χ0n) is 21.9. The zero-order chi connectivity index (χ0) is 25.8. The maximum absolute atomic E-state index is 13.0. The summed E-state index contributed by atoms with van der Waals surface area (Å²) in [5.74, 6) is 2.12. The van der Waals surface area contributed by atoms with Crippen molar-refractivity contribution in [2.24, 2.45) is 0 Å². The normalized spacial score (nSPS) is 10.9. The van der Waals surface area contributed by atoms with Crippen molar-refractivity contribution in [1.82, 2.24) is 4.90 Å². The molecule has 0 heterocycles. The minimum Gasteiger partial charge on any atom is -0.496 e. The zero-order valence-corrected chi connectivity index (χ0v) is 21.9. The average Bonchev–Trinajstić information content (AvgIpc) is 2.83. The summed E-state index contributed by atoms with van der Waals surface area (Å²) in [6.45, 7) is 11.6. The Morgan fingerprint density at radius 1 is 0.886 bits per heavy atom. The molecular formula is C28H40N2O5. The van der Waals surface area contributed by atoms with Gasteiger partial charge in [-0.15, -0.1) is 0 Å². The van der Waals surface area contributed by atoms with Crippen LogP contribution in [0.4, 0.5) is 0 Å². The van der Waals surface area contributed by atoms with Crippen LogP contribution in [0, 0.1) is 5.41 Å². The van der Waals surface area contributed by atoms with E-state index in [0.717, 1.165) is 30.6 Å². The number of benzene rings is 2. The van der Waals surface area contributed by atoms with Gasteiger partial charge in [-0.25, -0.2) is 0 Å². The standard InChI is InChI=1S/C28H40N2O5/c1-7-33-27(29)22-11-13-23(14-12-22)34-17-9-8-10-18-35-24-15-16-25(26(19-24)32-6)28(31)30(20(2)3)21(4)5/h11-16,19-21,29H,7-10,17-18H2,1-6H3. The molecule has 0 unspecified atom stereocenters. The van der Waals surface area contributed by atoms with Crippen LogP contribution in [-0.2, 0) is 4.74 Å². The average molecular weight is 485 g/mol. The highest BCUT2D eigenvalue weighted by atomic mass is 16.5. The van der Waals surface area contributed by atoms with Crippen LogP contribution in [0.25, 0.3) is 0 Å². The number of unbranched alkanes of at least 4 members (excludes halogenated alkanes) is 2. The van der Waals surface area contributed by atoms with E-state index in [4.69, 9.17) is 24.4 Å². The van der Waals surface area contributed by atoms with Gasteiger partial charge in [0.1, 0.15) is 17.2 Å². The van der Waals surface area contributed by atoms with Crippen molar-refractivity contribution in [2.45, 2.75) is 66.0 Å². The molecular weight excluding hydrogens is 444 g/mol. The van der Waals surface area contributed by atoms with Gasteiger partial charge in [0.15, 0.2) is 0 Å². The number of methoxy groups -OCH3 is 1. The molecule has 0 saturated heterocycles. The minimum absolute atomic E-state index is 0.0411. The summed E-state index contributed by atoms with van der Waals surface area (Å²) in [7, 11) is 1.57. The number of hydrogen-bond acceptors (Lipinski definition) is 6. The summed E-state index contributed by atoms with van der Waals surface area (Å²) in [5, 5.41) is 7.80. The molecule has 0 aliphatic carbocycles. The number of amides is 1. The highest BCUT2D eigenvalue weighted by Gasteiger charge is 2.24. The maximum atomic E-state index is 13.0. The number of carbonyl (C=O) groups excluding carboxylic acids is 1. The third kappa shape index (κ3) is 8.50. The van der Waals surface area contributed by atoms with Crippen molar-refractivity contribution in [2.75, 3.05) is 26.9 Å². The second-order valence-electron chi connectivity index (χ2n) is 8.81. The molecule has 192 valence electrons. The Morgan fingerprint density at radius 2 is 1.46 bits per heavy atom. The Labute approximate surface area is 209 Å². The van der Waals surface area contributed by atoms with Crippen LogP contribution in [0.15, 0.2) is 42.5 Å². The van der Waals surface area contributed by atoms with Gasteiger partial charge < -0.3 is 23.8 Å². The summed E-state index contributed by atoms with van der Waals surface area (Å²) >= 11 is 0. The van der Waals surface area contributed by atoms with Crippen LogP contribution >= 0.6 is 0 Å². The Morgan fingerprint density at radius 3 is 2.00 bits per heavy atom. The lowest BCUT2D eigenvalue weighted by atomic mass is 10.1. The Kier molecular flexibility index (Phi) is 11.4. The maximum Gasteiger partial charge on any atom is 0.258 e. The summed E-state index contributed by atoms with van der Waals surface area (Å²) in [5.41, 5.74) is 1.28. The molecule has 0 aliphatic heterocycles. The highest BCUT2D eigenvalue weighted by Crippen LogP contribution is 2.27. The van der Waals surface area contributed by atoms with Gasteiger partial charge in [0.2, 0.25) is 5.90 Å². The van der Waals surface area contributed by atoms with Gasteiger partial charge in [-0.2, -0.15) is 0 Å². The highest BCUT2D eigenvalue weighted by molar-refractivity contribution is 5.97. The molecule has 0 atom stereocenters. The smallest absolute Gasteiger partial charge is 0.258 e. The first kappa shape index (κ1) is 28.0. The SMILES string of the molecule is CCOC(=N)c1ccc(OCCCCCOc2ccc(C(=O)N(C(C)C)C(C)C)c(OC)c2)cc1. The quantitative estimate of drug-likeness (QED) is 0.204. The van der Waals surface area contributed by atoms with E-state index in [1.54, 1.807) is 19.2 Å². The largest absolute Gasteiger partial charge is 0.496 e. The number of nitrogens with one attached hydrogen (secondary N) is 1. The lowest BCUT2D eigenvalue weighted by Gasteiger charge is -2.31. The molecule has 0 aliphatic rings. The Balaban J connectivity index is 1.75. The molecule has 0 aromatic heterocycles. The van der Waals surface area contributed by atoms with Gasteiger partial charge in [-0.05, 0) is 90.3 Å². The van der Waals surface area contributed by atoms with Gasteiger partial charge >= 0.3 is 0 Å². The number of carbonyl (C=O) groups is 1. The molecule has 7 heteroatoms. The molecule has 0 spiro atoms. The van der Waals surface area contributed by atoms with Crippen molar-refractivity contribution in [3.05, 3.63) is 53.6 Å². The van der Waals surface area contributed by atoms with Crippen LogP contribution in [-0.4, -0.2) is 55.7 Å². The van der Waals surface area contributed by atoms with E-state index in [9.17, 15) is 4.79 Å². The van der Waals surface area contributed by atoms with E-state index in [2.05, 4.69) is 0 Å². The fourth-order valence-corrected chi connectivity index (χ4v) is 3.83. The molecule has 0 saturated carbocycles. The fourth-order valence-electron chi connectivity index (χ4n) is 3.83. The van der Waals surface area contributed by atoms with Crippen LogP contribution < -0.4 is 14.2 Å². The summed E-state index contributed by atoms with van der Waals surface area (Å²) < 4.78 is 22.3. The number of ether oxygens (including phenoxy) is 4. The van der Waals surface area contributed by atoms with Crippen molar-refractivity contribution in [3.63, 3.8) is 0 Å². The second kappa shape index (κ2) is 14.2. The fraction of sp³-hybridized carbons (Fsp3) is 0.500. The molecule has 7 nitrogen and oxygen atoms in total. The molecule has 1 N–H and O–H groups in total. The first-order valence-electron chi connectivity index (χ1n) is 12.4. The monoisotopic (exact) mass is 484 g/mol. The second-order valence-corrected chi connectivity index (χ2v) is 8.81. The summed E-state index contributed by atoms with van der Waals surface area (Å²) in [6.07, 6.45) is 2.78. The molecule has 1 amide bonds. The van der Waals surface area contributed by atoms with Gasteiger partial charge in [0, 0.05) is 23.7 Å². The first-order valence-corrected chi connectivity index (χ1v) is 12.4. The van der Waals surface area contributed by atoms with Gasteiger partial charge in [-0.1, -0.05) is 0 Å². The Hall–Kier alpha value is -3.22. The topological polar surface area (TPSA) is 81.1 Å². The van der Waals surface area contributed by atoms with Crippen molar-refractivity contribution in [3.8, 4) is 17.2 Å². The van der Waals surface area contributed by atoms with E-state index < -0.39 is 0 Å². The molecule has 0 fully saturated rings. The van der Waals surface area contributed by atoms with Gasteiger partial charge in [0.25, 0.3) is 5.91 Å². The van der Waals surface area contributed by atoms with E-state index in [0.29, 0.717) is 36.9 Å². The number of rotatable bonds is 14. The van der Waals surface area contributed by atoms with Crippen molar-refractivity contribution in [1.29, 1.82) is 5.41 Å². The Bertz CT molecular complexity index is 933. The summed E-state index contributed by atoms with van der Waals surface area (Å²) in [4.78, 5) is 14.9. The third-order valence-electron chi connectivity index (χ3n) is 5.48. The van der Waals surface area contributed by atoms with E-state index in [-0.39, 0.29) is 23.9 Å². The predicted octanol–water partition coefficient (Wildman–Crippen LogP) is 5.94.